The SMILES string of the molecule is CCN1CCN(Cc2csc(C(O)C3CCCN(c4ncnc5cc(N6CCOCC6)ccc45)C3)n2)CC1. The highest BCUT2D eigenvalue weighted by Gasteiger charge is 2.30. The maximum Gasteiger partial charge on any atom is 0.139 e. The molecule has 3 aliphatic heterocycles. The van der Waals surface area contributed by atoms with Gasteiger partial charge in [-0.15, -0.1) is 11.3 Å². The van der Waals surface area contributed by atoms with E-state index in [4.69, 9.17) is 14.7 Å². The van der Waals surface area contributed by atoms with Crippen molar-refractivity contribution in [3.63, 3.8) is 0 Å². The number of nitrogens with zero attached hydrogens (tertiary/aromatic N) is 7. The van der Waals surface area contributed by atoms with Gasteiger partial charge in [-0.05, 0) is 37.6 Å². The number of fused-ring (bicyclic) bond motifs is 1. The van der Waals surface area contributed by atoms with Crippen molar-refractivity contribution in [1.82, 2.24) is 24.8 Å². The minimum atomic E-state index is -0.547. The molecule has 0 spiro atoms. The third-order valence-electron chi connectivity index (χ3n) is 8.30. The summed E-state index contributed by atoms with van der Waals surface area (Å²) in [6, 6.07) is 6.50. The number of likely N-dealkylation sites (N-methyl/N-ethyl adjacent to an activating group) is 1. The third kappa shape index (κ3) is 5.65. The quantitative estimate of drug-likeness (QED) is 0.489. The molecule has 5 heterocycles. The second-order valence-corrected chi connectivity index (χ2v) is 11.6. The van der Waals surface area contributed by atoms with E-state index >= 15 is 0 Å². The summed E-state index contributed by atoms with van der Waals surface area (Å²) in [5.41, 5.74) is 3.23. The lowest BCUT2D eigenvalue weighted by atomic mass is 9.92. The van der Waals surface area contributed by atoms with E-state index in [1.165, 1.54) is 5.69 Å². The Morgan fingerprint density at radius 3 is 2.66 bits per heavy atom. The summed E-state index contributed by atoms with van der Waals surface area (Å²) in [6.07, 6.45) is 3.15. The highest BCUT2D eigenvalue weighted by Crippen LogP contribution is 2.35. The van der Waals surface area contributed by atoms with Gasteiger partial charge in [-0.25, -0.2) is 15.0 Å². The molecule has 0 aliphatic carbocycles. The number of piperidine rings is 1. The highest BCUT2D eigenvalue weighted by atomic mass is 32.1. The second kappa shape index (κ2) is 11.8. The van der Waals surface area contributed by atoms with Crippen molar-refractivity contribution in [3.05, 3.63) is 40.6 Å². The van der Waals surface area contributed by atoms with Gasteiger partial charge in [0.2, 0.25) is 0 Å². The van der Waals surface area contributed by atoms with Crippen LogP contribution in [0.3, 0.4) is 0 Å². The topological polar surface area (TPSA) is 81.1 Å². The van der Waals surface area contributed by atoms with Gasteiger partial charge in [-0.2, -0.15) is 0 Å². The standard InChI is InChI=1S/C28H39N7O2S/c1-2-32-8-10-33(11-9-32)18-22-19-38-28(31-22)26(36)21-4-3-7-35(17-21)27-24-6-5-23(16-25(24)29-20-30-27)34-12-14-37-15-13-34/h5-6,16,19-21,26,36H,2-4,7-15,17-18H2,1H3. The molecular formula is C28H39N7O2S. The molecule has 38 heavy (non-hydrogen) atoms. The van der Waals surface area contributed by atoms with Crippen LogP contribution in [0.2, 0.25) is 0 Å². The van der Waals surface area contributed by atoms with Gasteiger partial charge < -0.3 is 24.5 Å². The molecule has 10 heteroatoms. The summed E-state index contributed by atoms with van der Waals surface area (Å²) in [5, 5.41) is 15.4. The van der Waals surface area contributed by atoms with Crippen LogP contribution in [0.5, 0.6) is 0 Å². The molecule has 1 aromatic carbocycles. The Morgan fingerprint density at radius 1 is 1.03 bits per heavy atom. The summed E-state index contributed by atoms with van der Waals surface area (Å²) < 4.78 is 5.51. The van der Waals surface area contributed by atoms with Crippen molar-refractivity contribution in [2.24, 2.45) is 5.92 Å². The molecule has 3 aromatic rings. The van der Waals surface area contributed by atoms with Gasteiger partial charge in [0, 0.05) is 81.3 Å². The molecule has 2 aromatic heterocycles. The van der Waals surface area contributed by atoms with Gasteiger partial charge in [0.15, 0.2) is 0 Å². The van der Waals surface area contributed by atoms with Gasteiger partial charge in [0.1, 0.15) is 23.3 Å². The van der Waals surface area contributed by atoms with E-state index in [0.29, 0.717) is 0 Å². The van der Waals surface area contributed by atoms with Crippen molar-refractivity contribution in [2.45, 2.75) is 32.4 Å². The maximum absolute atomic E-state index is 11.3. The summed E-state index contributed by atoms with van der Waals surface area (Å²) >= 11 is 1.60. The van der Waals surface area contributed by atoms with E-state index < -0.39 is 6.10 Å². The first-order valence-electron chi connectivity index (χ1n) is 14.1. The van der Waals surface area contributed by atoms with E-state index in [1.807, 2.05) is 0 Å². The molecule has 9 nitrogen and oxygen atoms in total. The van der Waals surface area contributed by atoms with Crippen molar-refractivity contribution >= 4 is 33.7 Å². The zero-order valence-corrected chi connectivity index (χ0v) is 23.2. The minimum Gasteiger partial charge on any atom is -0.386 e. The Kier molecular flexibility index (Phi) is 8.03. The van der Waals surface area contributed by atoms with Crippen LogP contribution in [0.4, 0.5) is 11.5 Å². The molecule has 204 valence electrons. The number of hydrogen-bond acceptors (Lipinski definition) is 10. The van der Waals surface area contributed by atoms with Crippen molar-refractivity contribution < 1.29 is 9.84 Å². The maximum atomic E-state index is 11.3. The van der Waals surface area contributed by atoms with Crippen molar-refractivity contribution in [3.8, 4) is 0 Å². The predicted molar refractivity (Wildman–Crippen MR) is 152 cm³/mol. The Morgan fingerprint density at radius 2 is 1.84 bits per heavy atom. The van der Waals surface area contributed by atoms with Crippen LogP contribution in [0.15, 0.2) is 29.9 Å². The second-order valence-electron chi connectivity index (χ2n) is 10.7. The number of rotatable bonds is 7. The number of morpholine rings is 1. The molecule has 0 bridgehead atoms. The number of benzene rings is 1. The lowest BCUT2D eigenvalue weighted by Gasteiger charge is -2.36. The number of aliphatic hydroxyl groups is 1. The largest absolute Gasteiger partial charge is 0.386 e. The number of thiazole rings is 1. The molecule has 2 unspecified atom stereocenters. The van der Waals surface area contributed by atoms with Gasteiger partial charge in [0.05, 0.1) is 24.4 Å². The van der Waals surface area contributed by atoms with E-state index in [2.05, 4.69) is 55.1 Å². The smallest absolute Gasteiger partial charge is 0.139 e. The number of piperazine rings is 1. The molecule has 1 N–H and O–H groups in total. The van der Waals surface area contributed by atoms with Gasteiger partial charge in [-0.3, -0.25) is 4.90 Å². The van der Waals surface area contributed by atoms with Crippen LogP contribution in [0.1, 0.15) is 36.6 Å². The van der Waals surface area contributed by atoms with Crippen LogP contribution >= 0.6 is 11.3 Å². The zero-order valence-electron chi connectivity index (χ0n) is 22.3. The zero-order chi connectivity index (χ0) is 25.9. The van der Waals surface area contributed by atoms with Crippen LogP contribution < -0.4 is 9.80 Å². The van der Waals surface area contributed by atoms with E-state index in [9.17, 15) is 5.11 Å². The first-order valence-corrected chi connectivity index (χ1v) is 15.0. The summed E-state index contributed by atoms with van der Waals surface area (Å²) in [4.78, 5) is 23.8. The average Bonchev–Trinajstić information content (AvgIpc) is 3.45. The molecule has 0 amide bonds. The molecule has 0 radical (unpaired) electrons. The normalized spacial score (nSPS) is 22.7. The third-order valence-corrected chi connectivity index (χ3v) is 9.26. The van der Waals surface area contributed by atoms with Crippen LogP contribution in [-0.4, -0.2) is 102 Å². The molecule has 3 aliphatic rings. The van der Waals surface area contributed by atoms with Gasteiger partial charge in [0.25, 0.3) is 0 Å². The van der Waals surface area contributed by atoms with E-state index in [-0.39, 0.29) is 5.92 Å². The summed E-state index contributed by atoms with van der Waals surface area (Å²) in [7, 11) is 0. The summed E-state index contributed by atoms with van der Waals surface area (Å²) in [6.45, 7) is 13.7. The lowest BCUT2D eigenvalue weighted by Crippen LogP contribution is -2.45. The Balaban J connectivity index is 1.12. The number of ether oxygens (including phenoxy) is 1. The molecule has 6 rings (SSSR count). The molecule has 3 saturated heterocycles. The molecular weight excluding hydrogens is 498 g/mol. The van der Waals surface area contributed by atoms with Crippen LogP contribution in [-0.2, 0) is 11.3 Å². The van der Waals surface area contributed by atoms with E-state index in [1.54, 1.807) is 17.7 Å². The first kappa shape index (κ1) is 25.9. The molecule has 0 saturated carbocycles. The van der Waals surface area contributed by atoms with Gasteiger partial charge in [-0.1, -0.05) is 6.92 Å². The molecule has 2 atom stereocenters. The lowest BCUT2D eigenvalue weighted by molar-refractivity contribution is 0.0971. The van der Waals surface area contributed by atoms with Gasteiger partial charge >= 0.3 is 0 Å². The van der Waals surface area contributed by atoms with Crippen LogP contribution in [0, 0.1) is 5.92 Å². The van der Waals surface area contributed by atoms with Crippen molar-refractivity contribution in [1.29, 1.82) is 0 Å². The van der Waals surface area contributed by atoms with Crippen LogP contribution in [0.25, 0.3) is 10.9 Å². The Bertz CT molecular complexity index is 1210. The number of hydrogen-bond donors (Lipinski definition) is 1. The monoisotopic (exact) mass is 537 g/mol. The minimum absolute atomic E-state index is 0.133. The average molecular weight is 538 g/mol. The number of aliphatic hydroxyl groups excluding tert-OH is 1. The first-order chi connectivity index (χ1) is 18.7. The Hall–Kier alpha value is -2.37. The fraction of sp³-hybridized carbons (Fsp3) is 0.607. The highest BCUT2D eigenvalue weighted by molar-refractivity contribution is 7.09. The fourth-order valence-electron chi connectivity index (χ4n) is 5.99. The van der Waals surface area contributed by atoms with Crippen molar-refractivity contribution in [2.75, 3.05) is 81.9 Å². The fourth-order valence-corrected chi connectivity index (χ4v) is 6.87. The summed E-state index contributed by atoms with van der Waals surface area (Å²) in [5.74, 6) is 1.10. The van der Waals surface area contributed by atoms with E-state index in [0.717, 1.165) is 119 Å². The predicted octanol–water partition coefficient (Wildman–Crippen LogP) is 3.01. The number of anilines is 2. The Labute approximate surface area is 229 Å². The number of aromatic nitrogens is 3. The molecule has 3 fully saturated rings.